The summed E-state index contributed by atoms with van der Waals surface area (Å²) in [7, 11) is 1.75. The molecule has 1 amide bonds. The van der Waals surface area contributed by atoms with Gasteiger partial charge in [-0.3, -0.25) is 4.79 Å². The summed E-state index contributed by atoms with van der Waals surface area (Å²) >= 11 is 0. The molecule has 4 heterocycles. The number of fused-ring (bicyclic) bond motifs is 2. The number of carbonyl (C=O) groups is 1. The van der Waals surface area contributed by atoms with E-state index in [2.05, 4.69) is 11.9 Å². The second-order valence-corrected chi connectivity index (χ2v) is 10.9. The third-order valence-electron chi connectivity index (χ3n) is 8.61. The van der Waals surface area contributed by atoms with Crippen LogP contribution in [0.5, 0.6) is 0 Å². The fraction of sp³-hybridized carbons (Fsp3) is 0.760. The molecule has 0 unspecified atom stereocenters. The molecule has 34 heavy (non-hydrogen) atoms. The van der Waals surface area contributed by atoms with Crippen molar-refractivity contribution in [3.8, 4) is 0 Å². The van der Waals surface area contributed by atoms with Crippen molar-refractivity contribution in [2.24, 2.45) is 17.3 Å². The minimum absolute atomic E-state index is 0.0235. The van der Waals surface area contributed by atoms with Gasteiger partial charge in [0.15, 0.2) is 0 Å². The van der Waals surface area contributed by atoms with Gasteiger partial charge in [0, 0.05) is 38.4 Å². The van der Waals surface area contributed by atoms with Crippen molar-refractivity contribution in [1.82, 2.24) is 9.88 Å². The lowest BCUT2D eigenvalue weighted by Gasteiger charge is -2.39. The maximum atomic E-state index is 13.6. The van der Waals surface area contributed by atoms with E-state index in [4.69, 9.17) is 9.47 Å². The van der Waals surface area contributed by atoms with Gasteiger partial charge >= 0.3 is 6.18 Å². The monoisotopic (exact) mass is 481 g/mol. The summed E-state index contributed by atoms with van der Waals surface area (Å²) in [4.78, 5) is 21.8. The number of halogens is 3. The number of hydrogen-bond acceptors (Lipinski definition) is 5. The summed E-state index contributed by atoms with van der Waals surface area (Å²) in [6, 6.07) is 2.19. The Labute approximate surface area is 198 Å². The predicted molar refractivity (Wildman–Crippen MR) is 120 cm³/mol. The summed E-state index contributed by atoms with van der Waals surface area (Å²) < 4.78 is 50.6. The number of piperazine rings is 1. The highest BCUT2D eigenvalue weighted by Crippen LogP contribution is 2.48. The Bertz CT molecular complexity index is 913. The highest BCUT2D eigenvalue weighted by atomic mass is 19.4. The molecule has 0 spiro atoms. The first kappa shape index (κ1) is 23.9. The van der Waals surface area contributed by atoms with Crippen molar-refractivity contribution >= 4 is 11.7 Å². The van der Waals surface area contributed by atoms with Crippen LogP contribution in [0.1, 0.15) is 51.0 Å². The molecule has 1 aromatic heterocycles. The lowest BCUT2D eigenvalue weighted by Crippen LogP contribution is -2.52. The lowest BCUT2D eigenvalue weighted by atomic mass is 9.82. The Hall–Kier alpha value is -1.87. The zero-order chi connectivity index (χ0) is 24.1. The van der Waals surface area contributed by atoms with Crippen molar-refractivity contribution in [2.75, 3.05) is 38.3 Å². The van der Waals surface area contributed by atoms with E-state index in [1.807, 2.05) is 9.80 Å². The van der Waals surface area contributed by atoms with Gasteiger partial charge in [-0.2, -0.15) is 13.2 Å². The van der Waals surface area contributed by atoms with Gasteiger partial charge in [-0.25, -0.2) is 4.98 Å². The van der Waals surface area contributed by atoms with E-state index in [0.717, 1.165) is 57.3 Å². The Kier molecular flexibility index (Phi) is 6.29. The minimum atomic E-state index is -4.39. The normalized spacial score (nSPS) is 35.9. The zero-order valence-electron chi connectivity index (χ0n) is 19.9. The molecule has 1 aromatic rings. The molecule has 2 bridgehead atoms. The van der Waals surface area contributed by atoms with E-state index < -0.39 is 11.7 Å². The number of carbonyl (C=O) groups excluding carboxylic acids is 1. The van der Waals surface area contributed by atoms with Crippen molar-refractivity contribution < 1.29 is 27.4 Å². The van der Waals surface area contributed by atoms with Crippen LogP contribution in [-0.4, -0.2) is 67.4 Å². The molecule has 1 saturated carbocycles. The van der Waals surface area contributed by atoms with Crippen LogP contribution in [0.25, 0.3) is 0 Å². The lowest BCUT2D eigenvalue weighted by molar-refractivity contribution is -0.142. The zero-order valence-corrected chi connectivity index (χ0v) is 19.9. The van der Waals surface area contributed by atoms with Gasteiger partial charge in [0.05, 0.1) is 30.4 Å². The quantitative estimate of drug-likeness (QED) is 0.633. The highest BCUT2D eigenvalue weighted by molar-refractivity contribution is 5.84. The molecule has 1 aliphatic carbocycles. The van der Waals surface area contributed by atoms with E-state index in [-0.39, 0.29) is 29.5 Å². The van der Waals surface area contributed by atoms with Crippen LogP contribution in [0, 0.1) is 17.3 Å². The maximum absolute atomic E-state index is 13.6. The number of methoxy groups -OCH3 is 1. The van der Waals surface area contributed by atoms with Crippen molar-refractivity contribution in [3.63, 3.8) is 0 Å². The second kappa shape index (κ2) is 8.97. The Morgan fingerprint density at radius 2 is 2.12 bits per heavy atom. The van der Waals surface area contributed by atoms with Crippen LogP contribution < -0.4 is 4.90 Å². The smallest absolute Gasteiger partial charge is 0.379 e. The van der Waals surface area contributed by atoms with E-state index >= 15 is 0 Å². The second-order valence-electron chi connectivity index (χ2n) is 10.9. The number of pyridine rings is 1. The molecular weight excluding hydrogens is 447 g/mol. The number of nitrogens with zero attached hydrogens (tertiary/aromatic N) is 3. The summed E-state index contributed by atoms with van der Waals surface area (Å²) in [5.41, 5.74) is -1.04. The molecule has 9 heteroatoms. The van der Waals surface area contributed by atoms with Gasteiger partial charge in [0.25, 0.3) is 0 Å². The molecule has 4 fully saturated rings. The summed E-state index contributed by atoms with van der Waals surface area (Å²) in [6.07, 6.45) is 2.69. The first-order valence-electron chi connectivity index (χ1n) is 12.4. The molecule has 6 nitrogen and oxygen atoms in total. The summed E-state index contributed by atoms with van der Waals surface area (Å²) in [5.74, 6) is 1.57. The fourth-order valence-electron chi connectivity index (χ4n) is 6.77. The highest BCUT2D eigenvalue weighted by Gasteiger charge is 2.51. The summed E-state index contributed by atoms with van der Waals surface area (Å²) in [6.45, 7) is 4.64. The van der Waals surface area contributed by atoms with E-state index in [1.165, 1.54) is 6.20 Å². The SMILES string of the molecule is CO[C@@H]1COCC[C@@H]1C[C@@H]1CC[C@](C)(C(=O)N2C[C@@H]3C[C@H]2CN3c2cc(C(F)(F)F)ccn2)C1. The minimum Gasteiger partial charge on any atom is -0.379 e. The van der Waals surface area contributed by atoms with Gasteiger partial charge in [0.2, 0.25) is 5.91 Å². The average Bonchev–Trinajstić information content (AvgIpc) is 3.53. The molecule has 188 valence electrons. The van der Waals surface area contributed by atoms with Crippen LogP contribution in [0.4, 0.5) is 19.0 Å². The number of anilines is 1. The largest absolute Gasteiger partial charge is 0.416 e. The number of likely N-dealkylation sites (tertiary alicyclic amines) is 1. The average molecular weight is 482 g/mol. The van der Waals surface area contributed by atoms with Gasteiger partial charge in [0.1, 0.15) is 5.82 Å². The van der Waals surface area contributed by atoms with Gasteiger partial charge in [-0.05, 0) is 62.5 Å². The topological polar surface area (TPSA) is 54.9 Å². The van der Waals surface area contributed by atoms with E-state index in [1.54, 1.807) is 7.11 Å². The molecule has 3 saturated heterocycles. The van der Waals surface area contributed by atoms with E-state index in [9.17, 15) is 18.0 Å². The number of rotatable bonds is 5. The van der Waals surface area contributed by atoms with Crippen LogP contribution in [0.3, 0.4) is 0 Å². The van der Waals surface area contributed by atoms with E-state index in [0.29, 0.717) is 37.4 Å². The van der Waals surface area contributed by atoms with Gasteiger partial charge in [-0.1, -0.05) is 6.92 Å². The first-order valence-corrected chi connectivity index (χ1v) is 12.4. The van der Waals surface area contributed by atoms with Crippen molar-refractivity contribution in [1.29, 1.82) is 0 Å². The molecule has 0 radical (unpaired) electrons. The number of aromatic nitrogens is 1. The molecule has 0 aromatic carbocycles. The van der Waals surface area contributed by atoms with Crippen LogP contribution in [0.2, 0.25) is 0 Å². The third kappa shape index (κ3) is 4.41. The molecule has 6 atom stereocenters. The number of ether oxygens (including phenoxy) is 2. The van der Waals surface area contributed by atoms with Gasteiger partial charge in [-0.15, -0.1) is 0 Å². The third-order valence-corrected chi connectivity index (χ3v) is 8.61. The molecule has 0 N–H and O–H groups in total. The fourth-order valence-corrected chi connectivity index (χ4v) is 6.77. The number of amides is 1. The standard InChI is InChI=1S/C25H34F3N3O3/c1-24(6-3-16(12-24)9-17-5-8-34-15-21(17)33-2)23(32)31-14-19-11-20(31)13-30(19)22-10-18(4-7-29-22)25(26,27)28/h4,7,10,16-17,19-21H,3,5-6,8-9,11-15H2,1-2H3/t16-,17+,19-,20-,21+,24-/m0/s1. The molecule has 4 aliphatic rings. The Balaban J connectivity index is 1.20. The number of alkyl halides is 3. The molecule has 3 aliphatic heterocycles. The predicted octanol–water partition coefficient (Wildman–Crippen LogP) is 4.14. The molecule has 5 rings (SSSR count). The van der Waals surface area contributed by atoms with Crippen LogP contribution >= 0.6 is 0 Å². The van der Waals surface area contributed by atoms with Crippen LogP contribution in [0.15, 0.2) is 18.3 Å². The van der Waals surface area contributed by atoms with Gasteiger partial charge < -0.3 is 19.3 Å². The first-order chi connectivity index (χ1) is 16.2. The van der Waals surface area contributed by atoms with Crippen molar-refractivity contribution in [3.05, 3.63) is 23.9 Å². The Morgan fingerprint density at radius 3 is 2.82 bits per heavy atom. The maximum Gasteiger partial charge on any atom is 0.416 e. The van der Waals surface area contributed by atoms with Crippen LogP contribution in [-0.2, 0) is 20.4 Å². The Morgan fingerprint density at radius 1 is 1.29 bits per heavy atom. The molecular formula is C25H34F3N3O3. The number of hydrogen-bond donors (Lipinski definition) is 0. The summed E-state index contributed by atoms with van der Waals surface area (Å²) in [5, 5.41) is 0. The van der Waals surface area contributed by atoms with Crippen molar-refractivity contribution in [2.45, 2.75) is 69.8 Å².